The van der Waals surface area contributed by atoms with Crippen LogP contribution in [0.5, 0.6) is 0 Å². The molecule has 0 atom stereocenters. The van der Waals surface area contributed by atoms with Gasteiger partial charge in [-0.05, 0) is 43.5 Å². The lowest BCUT2D eigenvalue weighted by molar-refractivity contribution is 0.248. The molecule has 1 heterocycles. The van der Waals surface area contributed by atoms with Crippen molar-refractivity contribution in [2.24, 2.45) is 0 Å². The fourth-order valence-corrected chi connectivity index (χ4v) is 2.68. The van der Waals surface area contributed by atoms with Gasteiger partial charge in [-0.3, -0.25) is 4.90 Å². The first-order valence-electron chi connectivity index (χ1n) is 6.48. The fraction of sp³-hybridized carbons (Fsp3) is 0.571. The third-order valence-electron chi connectivity index (χ3n) is 3.77. The Labute approximate surface area is 102 Å². The Hall–Kier alpha value is -1.09. The van der Waals surface area contributed by atoms with Gasteiger partial charge in [0.2, 0.25) is 0 Å². The Balaban J connectivity index is 1.68. The maximum atomic E-state index is 13.4. The number of anilines is 1. The van der Waals surface area contributed by atoms with Gasteiger partial charge in [0.15, 0.2) is 0 Å². The van der Waals surface area contributed by atoms with Gasteiger partial charge in [0, 0.05) is 37.9 Å². The van der Waals surface area contributed by atoms with Crippen LogP contribution in [0.4, 0.5) is 10.1 Å². The van der Waals surface area contributed by atoms with Crippen molar-refractivity contribution < 1.29 is 4.39 Å². The fourth-order valence-electron chi connectivity index (χ4n) is 2.68. The zero-order valence-electron chi connectivity index (χ0n) is 10.3. The quantitative estimate of drug-likeness (QED) is 0.775. The third kappa shape index (κ3) is 2.44. The number of aryl methyl sites for hydroxylation is 1. The number of benzene rings is 1. The summed E-state index contributed by atoms with van der Waals surface area (Å²) in [6.45, 7) is 6.26. The molecule has 2 aliphatic rings. The van der Waals surface area contributed by atoms with E-state index in [1.807, 2.05) is 6.92 Å². The minimum absolute atomic E-state index is 0.121. The van der Waals surface area contributed by atoms with Crippen molar-refractivity contribution in [1.29, 1.82) is 0 Å². The van der Waals surface area contributed by atoms with Gasteiger partial charge in [-0.25, -0.2) is 4.39 Å². The largest absolute Gasteiger partial charge is 0.369 e. The number of nitrogens with zero attached hydrogens (tertiary/aromatic N) is 2. The van der Waals surface area contributed by atoms with Crippen molar-refractivity contribution in [1.82, 2.24) is 4.90 Å². The molecule has 0 unspecified atom stereocenters. The Morgan fingerprint density at radius 1 is 1.06 bits per heavy atom. The van der Waals surface area contributed by atoms with Gasteiger partial charge in [-0.1, -0.05) is 0 Å². The Morgan fingerprint density at radius 3 is 2.35 bits per heavy atom. The number of hydrogen-bond acceptors (Lipinski definition) is 2. The molecular weight excluding hydrogens is 215 g/mol. The number of halogens is 1. The molecule has 1 aromatic carbocycles. The zero-order valence-corrected chi connectivity index (χ0v) is 10.3. The molecule has 1 saturated heterocycles. The smallest absolute Gasteiger partial charge is 0.125 e. The van der Waals surface area contributed by atoms with Gasteiger partial charge in [-0.15, -0.1) is 0 Å². The molecule has 0 radical (unpaired) electrons. The number of hydrogen-bond donors (Lipinski definition) is 0. The van der Waals surface area contributed by atoms with Gasteiger partial charge in [0.05, 0.1) is 0 Å². The molecular formula is C14H19FN2. The highest BCUT2D eigenvalue weighted by Crippen LogP contribution is 2.28. The lowest BCUT2D eigenvalue weighted by atomic mass is 10.2. The predicted octanol–water partition coefficient (Wildman–Crippen LogP) is 2.42. The van der Waals surface area contributed by atoms with Crippen LogP contribution in [-0.2, 0) is 0 Å². The van der Waals surface area contributed by atoms with Crippen LogP contribution < -0.4 is 4.90 Å². The topological polar surface area (TPSA) is 6.48 Å². The summed E-state index contributed by atoms with van der Waals surface area (Å²) in [7, 11) is 0. The van der Waals surface area contributed by atoms with Crippen LogP contribution >= 0.6 is 0 Å². The maximum Gasteiger partial charge on any atom is 0.125 e. The predicted molar refractivity (Wildman–Crippen MR) is 67.9 cm³/mol. The van der Waals surface area contributed by atoms with E-state index in [9.17, 15) is 4.39 Å². The molecule has 2 fully saturated rings. The second-order valence-corrected chi connectivity index (χ2v) is 5.24. The van der Waals surface area contributed by atoms with Crippen LogP contribution in [0.3, 0.4) is 0 Å². The summed E-state index contributed by atoms with van der Waals surface area (Å²) in [5, 5.41) is 0. The number of rotatable bonds is 2. The Kier molecular flexibility index (Phi) is 2.79. The summed E-state index contributed by atoms with van der Waals surface area (Å²) >= 11 is 0. The standard InChI is InChI=1S/C14H19FN2/c1-11-8-12(15)10-14(9-11)17-6-4-16(5-7-17)13-2-3-13/h8-10,13H,2-7H2,1H3. The molecule has 3 heteroatoms. The first kappa shape index (κ1) is 11.0. The summed E-state index contributed by atoms with van der Waals surface area (Å²) in [6, 6.07) is 6.17. The molecule has 0 aromatic heterocycles. The van der Waals surface area contributed by atoms with E-state index in [4.69, 9.17) is 0 Å². The molecule has 1 aromatic rings. The average Bonchev–Trinajstić information content (AvgIpc) is 3.12. The highest BCUT2D eigenvalue weighted by molar-refractivity contribution is 5.49. The van der Waals surface area contributed by atoms with Gasteiger partial charge >= 0.3 is 0 Å². The Bertz CT molecular complexity index is 386. The molecule has 17 heavy (non-hydrogen) atoms. The van der Waals surface area contributed by atoms with Crippen LogP contribution in [0, 0.1) is 12.7 Å². The minimum Gasteiger partial charge on any atom is -0.369 e. The lowest BCUT2D eigenvalue weighted by Gasteiger charge is -2.36. The van der Waals surface area contributed by atoms with Gasteiger partial charge in [-0.2, -0.15) is 0 Å². The number of piperazine rings is 1. The van der Waals surface area contributed by atoms with Gasteiger partial charge in [0.25, 0.3) is 0 Å². The summed E-state index contributed by atoms with van der Waals surface area (Å²) in [6.07, 6.45) is 2.75. The molecule has 0 spiro atoms. The second kappa shape index (κ2) is 4.30. The first-order valence-corrected chi connectivity index (χ1v) is 6.48. The van der Waals surface area contributed by atoms with Crippen molar-refractivity contribution in [3.8, 4) is 0 Å². The van der Waals surface area contributed by atoms with Crippen molar-refractivity contribution in [3.05, 3.63) is 29.6 Å². The molecule has 2 nitrogen and oxygen atoms in total. The average molecular weight is 234 g/mol. The van der Waals surface area contributed by atoms with E-state index in [0.717, 1.165) is 43.5 Å². The van der Waals surface area contributed by atoms with E-state index in [1.54, 1.807) is 12.1 Å². The van der Waals surface area contributed by atoms with E-state index in [2.05, 4.69) is 15.9 Å². The van der Waals surface area contributed by atoms with E-state index in [-0.39, 0.29) is 5.82 Å². The molecule has 1 aliphatic carbocycles. The third-order valence-corrected chi connectivity index (χ3v) is 3.77. The van der Waals surface area contributed by atoms with Crippen molar-refractivity contribution in [2.75, 3.05) is 31.1 Å². The molecule has 92 valence electrons. The summed E-state index contributed by atoms with van der Waals surface area (Å²) in [5.41, 5.74) is 2.04. The molecule has 1 aliphatic heterocycles. The second-order valence-electron chi connectivity index (χ2n) is 5.24. The molecule has 0 N–H and O–H groups in total. The highest BCUT2D eigenvalue weighted by atomic mass is 19.1. The Morgan fingerprint density at radius 2 is 1.76 bits per heavy atom. The van der Waals surface area contributed by atoms with Crippen LogP contribution in [0.25, 0.3) is 0 Å². The monoisotopic (exact) mass is 234 g/mol. The summed E-state index contributed by atoms with van der Waals surface area (Å²) in [4.78, 5) is 4.87. The van der Waals surface area contributed by atoms with Crippen molar-refractivity contribution >= 4 is 5.69 Å². The molecule has 3 rings (SSSR count). The van der Waals surface area contributed by atoms with Crippen molar-refractivity contribution in [3.63, 3.8) is 0 Å². The molecule has 0 amide bonds. The van der Waals surface area contributed by atoms with Crippen molar-refractivity contribution in [2.45, 2.75) is 25.8 Å². The SMILES string of the molecule is Cc1cc(F)cc(N2CCN(C3CC3)CC2)c1. The van der Waals surface area contributed by atoms with Crippen LogP contribution in [0.1, 0.15) is 18.4 Å². The summed E-state index contributed by atoms with van der Waals surface area (Å²) < 4.78 is 13.4. The van der Waals surface area contributed by atoms with Crippen LogP contribution in [0.15, 0.2) is 18.2 Å². The van der Waals surface area contributed by atoms with Gasteiger partial charge < -0.3 is 4.90 Å². The van der Waals surface area contributed by atoms with Crippen LogP contribution in [0.2, 0.25) is 0 Å². The van der Waals surface area contributed by atoms with Gasteiger partial charge in [0.1, 0.15) is 5.82 Å². The van der Waals surface area contributed by atoms with E-state index in [1.165, 1.54) is 12.8 Å². The summed E-state index contributed by atoms with van der Waals surface area (Å²) in [5.74, 6) is -0.121. The highest BCUT2D eigenvalue weighted by Gasteiger charge is 2.31. The van der Waals surface area contributed by atoms with E-state index >= 15 is 0 Å². The maximum absolute atomic E-state index is 13.4. The minimum atomic E-state index is -0.121. The van der Waals surface area contributed by atoms with Crippen LogP contribution in [-0.4, -0.2) is 37.1 Å². The molecule has 0 bridgehead atoms. The first-order chi connectivity index (χ1) is 8.22. The van der Waals surface area contributed by atoms with E-state index < -0.39 is 0 Å². The van der Waals surface area contributed by atoms with E-state index in [0.29, 0.717) is 0 Å². The zero-order chi connectivity index (χ0) is 11.8. The lowest BCUT2D eigenvalue weighted by Crippen LogP contribution is -2.47. The molecule has 1 saturated carbocycles. The normalized spacial score (nSPS) is 21.9.